The van der Waals surface area contributed by atoms with Gasteiger partial charge in [-0.3, -0.25) is 4.79 Å². The Bertz CT molecular complexity index is 449. The molecule has 0 aliphatic carbocycles. The lowest BCUT2D eigenvalue weighted by Crippen LogP contribution is -2.43. The molecule has 1 rings (SSSR count). The van der Waals surface area contributed by atoms with Crippen molar-refractivity contribution in [2.24, 2.45) is 5.92 Å². The van der Waals surface area contributed by atoms with Gasteiger partial charge in [-0.15, -0.1) is 0 Å². The molecule has 1 atom stereocenters. The number of rotatable bonds is 7. The predicted octanol–water partition coefficient (Wildman–Crippen LogP) is 3.29. The number of halogens is 2. The van der Waals surface area contributed by atoms with Gasteiger partial charge < -0.3 is 10.6 Å². The zero-order valence-electron chi connectivity index (χ0n) is 12.2. The van der Waals surface area contributed by atoms with Crippen molar-refractivity contribution in [3.63, 3.8) is 0 Å². The van der Waals surface area contributed by atoms with Crippen molar-refractivity contribution in [1.29, 1.82) is 0 Å². The zero-order valence-corrected chi connectivity index (χ0v) is 13.7. The Morgan fingerprint density at radius 1 is 1.25 bits per heavy atom. The molecule has 0 aliphatic rings. The van der Waals surface area contributed by atoms with Gasteiger partial charge in [0.15, 0.2) is 0 Å². The van der Waals surface area contributed by atoms with Crippen LogP contribution in [-0.2, 0) is 11.2 Å². The van der Waals surface area contributed by atoms with Crippen molar-refractivity contribution < 1.29 is 4.79 Å². The predicted molar refractivity (Wildman–Crippen MR) is 85.5 cm³/mol. The number of hydrogen-bond acceptors (Lipinski definition) is 2. The van der Waals surface area contributed by atoms with Crippen molar-refractivity contribution in [2.75, 3.05) is 13.1 Å². The topological polar surface area (TPSA) is 41.1 Å². The third-order valence-corrected chi connectivity index (χ3v) is 3.52. The van der Waals surface area contributed by atoms with Crippen LogP contribution < -0.4 is 10.6 Å². The van der Waals surface area contributed by atoms with Crippen molar-refractivity contribution in [3.8, 4) is 0 Å². The molecular formula is C15H22Cl2N2O. The molecule has 1 unspecified atom stereocenters. The van der Waals surface area contributed by atoms with E-state index in [1.807, 2.05) is 19.1 Å². The second-order valence-electron chi connectivity index (χ2n) is 5.30. The third kappa shape index (κ3) is 6.12. The van der Waals surface area contributed by atoms with Crippen LogP contribution in [0.5, 0.6) is 0 Å². The Morgan fingerprint density at radius 2 is 1.95 bits per heavy atom. The summed E-state index contributed by atoms with van der Waals surface area (Å²) in [7, 11) is 0. The van der Waals surface area contributed by atoms with Gasteiger partial charge in [0.05, 0.1) is 6.04 Å². The lowest BCUT2D eigenvalue weighted by atomic mass is 10.1. The van der Waals surface area contributed by atoms with Gasteiger partial charge in [-0.25, -0.2) is 0 Å². The average Bonchev–Trinajstić information content (AvgIpc) is 2.38. The molecule has 0 radical (unpaired) electrons. The van der Waals surface area contributed by atoms with Gasteiger partial charge >= 0.3 is 0 Å². The molecule has 5 heteroatoms. The largest absolute Gasteiger partial charge is 0.354 e. The summed E-state index contributed by atoms with van der Waals surface area (Å²) >= 11 is 12.0. The summed E-state index contributed by atoms with van der Waals surface area (Å²) < 4.78 is 0. The molecule has 0 aromatic heterocycles. The first-order valence-electron chi connectivity index (χ1n) is 6.85. The maximum absolute atomic E-state index is 11.8. The van der Waals surface area contributed by atoms with Crippen LogP contribution >= 0.6 is 23.2 Å². The molecule has 0 spiro atoms. The van der Waals surface area contributed by atoms with E-state index < -0.39 is 0 Å². The summed E-state index contributed by atoms with van der Waals surface area (Å²) in [5.41, 5.74) is 1.03. The minimum Gasteiger partial charge on any atom is -0.354 e. The molecule has 112 valence electrons. The minimum atomic E-state index is -0.208. The summed E-state index contributed by atoms with van der Waals surface area (Å²) in [4.78, 5) is 11.8. The van der Waals surface area contributed by atoms with E-state index in [9.17, 15) is 4.79 Å². The molecule has 0 saturated carbocycles. The first kappa shape index (κ1) is 17.3. The van der Waals surface area contributed by atoms with E-state index in [4.69, 9.17) is 23.2 Å². The Morgan fingerprint density at radius 3 is 2.55 bits per heavy atom. The van der Waals surface area contributed by atoms with Crippen LogP contribution in [0.15, 0.2) is 18.2 Å². The Kier molecular flexibility index (Phi) is 7.35. The second kappa shape index (κ2) is 8.50. The summed E-state index contributed by atoms with van der Waals surface area (Å²) in [5.74, 6) is 0.486. The smallest absolute Gasteiger partial charge is 0.236 e. The van der Waals surface area contributed by atoms with Gasteiger partial charge in [-0.1, -0.05) is 43.1 Å². The third-order valence-electron chi connectivity index (χ3n) is 2.94. The normalized spacial score (nSPS) is 12.5. The highest BCUT2D eigenvalue weighted by molar-refractivity contribution is 6.35. The molecule has 0 heterocycles. The summed E-state index contributed by atoms with van der Waals surface area (Å²) in [5, 5.41) is 7.39. The highest BCUT2D eigenvalue weighted by atomic mass is 35.5. The fourth-order valence-electron chi connectivity index (χ4n) is 1.70. The SMILES string of the molecule is CC(C)CNC(=O)C(C)NCCc1ccc(Cl)cc1Cl. The van der Waals surface area contributed by atoms with E-state index in [1.165, 1.54) is 0 Å². The number of hydrogen-bond donors (Lipinski definition) is 2. The van der Waals surface area contributed by atoms with Crippen molar-refractivity contribution in [3.05, 3.63) is 33.8 Å². The van der Waals surface area contributed by atoms with Crippen LogP contribution in [0, 0.1) is 5.92 Å². The van der Waals surface area contributed by atoms with E-state index in [0.29, 0.717) is 29.1 Å². The monoisotopic (exact) mass is 316 g/mol. The average molecular weight is 317 g/mol. The van der Waals surface area contributed by atoms with E-state index >= 15 is 0 Å². The molecule has 1 aromatic rings. The van der Waals surface area contributed by atoms with Gasteiger partial charge in [0, 0.05) is 16.6 Å². The van der Waals surface area contributed by atoms with Crippen LogP contribution in [0.2, 0.25) is 10.0 Å². The van der Waals surface area contributed by atoms with E-state index in [1.54, 1.807) is 6.07 Å². The van der Waals surface area contributed by atoms with Crippen molar-refractivity contribution in [2.45, 2.75) is 33.2 Å². The van der Waals surface area contributed by atoms with Crippen LogP contribution in [0.4, 0.5) is 0 Å². The van der Waals surface area contributed by atoms with Crippen LogP contribution in [-0.4, -0.2) is 25.0 Å². The van der Waals surface area contributed by atoms with Gasteiger partial charge in [-0.2, -0.15) is 0 Å². The van der Waals surface area contributed by atoms with Gasteiger partial charge in [-0.05, 0) is 43.5 Å². The Labute approximate surface area is 131 Å². The second-order valence-corrected chi connectivity index (χ2v) is 6.14. The van der Waals surface area contributed by atoms with Crippen LogP contribution in [0.1, 0.15) is 26.3 Å². The lowest BCUT2D eigenvalue weighted by Gasteiger charge is -2.15. The highest BCUT2D eigenvalue weighted by Gasteiger charge is 2.12. The van der Waals surface area contributed by atoms with E-state index in [-0.39, 0.29) is 11.9 Å². The fourth-order valence-corrected chi connectivity index (χ4v) is 2.20. The highest BCUT2D eigenvalue weighted by Crippen LogP contribution is 2.21. The molecule has 0 bridgehead atoms. The first-order valence-corrected chi connectivity index (χ1v) is 7.60. The molecule has 0 aliphatic heterocycles. The molecule has 1 amide bonds. The summed E-state index contributed by atoms with van der Waals surface area (Å²) in [6.45, 7) is 7.40. The molecule has 20 heavy (non-hydrogen) atoms. The van der Waals surface area contributed by atoms with Gasteiger partial charge in [0.25, 0.3) is 0 Å². The minimum absolute atomic E-state index is 0.0286. The van der Waals surface area contributed by atoms with Crippen LogP contribution in [0.25, 0.3) is 0 Å². The summed E-state index contributed by atoms with van der Waals surface area (Å²) in [6.07, 6.45) is 0.762. The molecule has 1 aromatic carbocycles. The lowest BCUT2D eigenvalue weighted by molar-refractivity contribution is -0.122. The van der Waals surface area contributed by atoms with Crippen LogP contribution in [0.3, 0.4) is 0 Å². The Hall–Kier alpha value is -0.770. The number of nitrogens with one attached hydrogen (secondary N) is 2. The maximum Gasteiger partial charge on any atom is 0.236 e. The van der Waals surface area contributed by atoms with E-state index in [2.05, 4.69) is 24.5 Å². The maximum atomic E-state index is 11.8. The van der Waals surface area contributed by atoms with Crippen molar-refractivity contribution in [1.82, 2.24) is 10.6 Å². The number of carbonyl (C=O) groups is 1. The number of carbonyl (C=O) groups excluding carboxylic acids is 1. The number of amides is 1. The fraction of sp³-hybridized carbons (Fsp3) is 0.533. The van der Waals surface area contributed by atoms with E-state index in [0.717, 1.165) is 12.0 Å². The molecular weight excluding hydrogens is 295 g/mol. The zero-order chi connectivity index (χ0) is 15.1. The van der Waals surface area contributed by atoms with Crippen molar-refractivity contribution >= 4 is 29.1 Å². The standard InChI is InChI=1S/C15H22Cl2N2O/c1-10(2)9-19-15(20)11(3)18-7-6-12-4-5-13(16)8-14(12)17/h4-5,8,10-11,18H,6-7,9H2,1-3H3,(H,19,20). The Balaban J connectivity index is 2.34. The molecule has 0 fully saturated rings. The van der Waals surface area contributed by atoms with Gasteiger partial charge in [0.2, 0.25) is 5.91 Å². The quantitative estimate of drug-likeness (QED) is 0.810. The first-order chi connectivity index (χ1) is 9.40. The number of benzene rings is 1. The molecule has 3 nitrogen and oxygen atoms in total. The molecule has 0 saturated heterocycles. The summed E-state index contributed by atoms with van der Waals surface area (Å²) in [6, 6.07) is 5.26. The van der Waals surface area contributed by atoms with Gasteiger partial charge in [0.1, 0.15) is 0 Å². The molecule has 2 N–H and O–H groups in total.